The Morgan fingerprint density at radius 3 is 1.56 bits per heavy atom. The Hall–Kier alpha value is -8.20. The maximum atomic E-state index is 5.59. The van der Waals surface area contributed by atoms with Gasteiger partial charge in [-0.1, -0.05) is 257 Å². The Morgan fingerprint density at radius 1 is 0.429 bits per heavy atom. The van der Waals surface area contributed by atoms with E-state index in [9.17, 15) is 0 Å². The van der Waals surface area contributed by atoms with Crippen LogP contribution in [0.4, 0.5) is 17.1 Å². The lowest BCUT2D eigenvalue weighted by Crippen LogP contribution is -2.23. The highest BCUT2D eigenvalue weighted by atomic mass is 15.1. The van der Waals surface area contributed by atoms with Crippen molar-refractivity contribution in [3.8, 4) is 44.5 Å². The van der Waals surface area contributed by atoms with Crippen LogP contribution in [-0.4, -0.2) is 0 Å². The normalized spacial score (nSPS) is 16.7. The number of allylic oxidation sites excluding steroid dienone is 1. The number of benzene rings is 10. The molecule has 2 aliphatic rings. The molecule has 10 aromatic carbocycles. The molecule has 1 aliphatic heterocycles. The van der Waals surface area contributed by atoms with Crippen LogP contribution in [0.1, 0.15) is 67.0 Å². The molecule has 0 fully saturated rings. The zero-order valence-corrected chi connectivity index (χ0v) is 40.0. The third-order valence-corrected chi connectivity index (χ3v) is 15.2. The minimum atomic E-state index is -0.0565. The first kappa shape index (κ1) is 43.1. The van der Waals surface area contributed by atoms with E-state index >= 15 is 0 Å². The summed E-state index contributed by atoms with van der Waals surface area (Å²) in [5, 5.41) is 8.01. The highest BCUT2D eigenvalue weighted by molar-refractivity contribution is 5.99. The van der Waals surface area contributed by atoms with E-state index in [1.54, 1.807) is 0 Å². The predicted octanol–water partition coefficient (Wildman–Crippen LogP) is 18.9. The quantitative estimate of drug-likeness (QED) is 0.134. The fraction of sp³-hybridized carbons (Fsp3) is 0.118. The summed E-state index contributed by atoms with van der Waals surface area (Å²) in [6, 6.07) is 89.0. The third-order valence-electron chi connectivity index (χ3n) is 15.2. The molecule has 0 radical (unpaired) electrons. The maximum Gasteiger partial charge on any atom is 0.0540 e. The first-order chi connectivity index (χ1) is 34.4. The van der Waals surface area contributed by atoms with Gasteiger partial charge in [-0.2, -0.15) is 0 Å². The molecule has 2 heteroatoms. The predicted molar refractivity (Wildman–Crippen MR) is 296 cm³/mol. The van der Waals surface area contributed by atoms with E-state index < -0.39 is 0 Å². The van der Waals surface area contributed by atoms with Crippen LogP contribution in [0.5, 0.6) is 0 Å². The van der Waals surface area contributed by atoms with Gasteiger partial charge in [0.25, 0.3) is 0 Å². The summed E-state index contributed by atoms with van der Waals surface area (Å²) in [6.07, 6.45) is 3.49. The molecular formula is C68H55N2-. The van der Waals surface area contributed by atoms with Crippen molar-refractivity contribution in [1.82, 2.24) is 0 Å². The number of hydrogen-bond acceptors (Lipinski definition) is 1. The molecule has 1 heterocycles. The monoisotopic (exact) mass is 899 g/mol. The van der Waals surface area contributed by atoms with Crippen LogP contribution in [0, 0.1) is 5.92 Å². The van der Waals surface area contributed by atoms with Gasteiger partial charge in [-0.25, -0.2) is 0 Å². The summed E-state index contributed by atoms with van der Waals surface area (Å²) in [6.45, 7) is 7.09. The van der Waals surface area contributed by atoms with E-state index in [0.29, 0.717) is 5.92 Å². The average Bonchev–Trinajstić information content (AvgIpc) is 3.66. The second kappa shape index (κ2) is 18.0. The number of anilines is 3. The van der Waals surface area contributed by atoms with Crippen molar-refractivity contribution in [3.63, 3.8) is 0 Å². The second-order valence-electron chi connectivity index (χ2n) is 19.6. The summed E-state index contributed by atoms with van der Waals surface area (Å²) >= 11 is 0. The Labute approximate surface area is 413 Å². The van der Waals surface area contributed by atoms with Gasteiger partial charge in [0.15, 0.2) is 0 Å². The first-order valence-corrected chi connectivity index (χ1v) is 24.9. The van der Waals surface area contributed by atoms with Gasteiger partial charge in [-0.3, -0.25) is 0 Å². The van der Waals surface area contributed by atoms with Gasteiger partial charge in [0, 0.05) is 28.1 Å². The highest BCUT2D eigenvalue weighted by Crippen LogP contribution is 2.54. The zero-order chi connectivity index (χ0) is 47.2. The Balaban J connectivity index is 0.857. The summed E-state index contributed by atoms with van der Waals surface area (Å²) in [5.41, 5.74) is 20.9. The molecular weight excluding hydrogens is 845 g/mol. The smallest absolute Gasteiger partial charge is 0.0540 e. The Kier molecular flexibility index (Phi) is 11.1. The Bertz CT molecular complexity index is 3490. The van der Waals surface area contributed by atoms with Crippen LogP contribution >= 0.6 is 0 Å². The van der Waals surface area contributed by atoms with Crippen LogP contribution in [0.2, 0.25) is 0 Å². The van der Waals surface area contributed by atoms with Crippen LogP contribution in [0.15, 0.2) is 249 Å². The molecule has 10 aromatic rings. The van der Waals surface area contributed by atoms with E-state index in [0.717, 1.165) is 34.7 Å². The first-order valence-electron chi connectivity index (χ1n) is 24.9. The SMILES string of the molecule is CCC1C(c2ccc3c(c2)C(C)(C)c2ccccc2-3)C=C(c2ccc(-c3ccc(N(c4ccc(-c5ccc(-c6ccccc6)cc5)cc4)c4cccc5ccccc45)cc3)cc2)[N-]C1c1ccccc1. The van der Waals surface area contributed by atoms with Crippen molar-refractivity contribution >= 4 is 33.5 Å². The molecule has 0 saturated heterocycles. The lowest BCUT2D eigenvalue weighted by molar-refractivity contribution is 0.403. The largest absolute Gasteiger partial charge is 0.678 e. The minimum absolute atomic E-state index is 0.0502. The topological polar surface area (TPSA) is 17.3 Å². The van der Waals surface area contributed by atoms with Crippen molar-refractivity contribution in [3.05, 3.63) is 282 Å². The fourth-order valence-corrected chi connectivity index (χ4v) is 11.4. The van der Waals surface area contributed by atoms with Crippen molar-refractivity contribution in [2.45, 2.75) is 44.6 Å². The number of nitrogens with zero attached hydrogens (tertiary/aromatic N) is 2. The van der Waals surface area contributed by atoms with Crippen LogP contribution in [0.25, 0.3) is 66.3 Å². The molecule has 0 bridgehead atoms. The van der Waals surface area contributed by atoms with Crippen molar-refractivity contribution in [2.24, 2.45) is 5.92 Å². The molecule has 0 saturated carbocycles. The minimum Gasteiger partial charge on any atom is -0.678 e. The van der Waals surface area contributed by atoms with Crippen molar-refractivity contribution in [1.29, 1.82) is 0 Å². The van der Waals surface area contributed by atoms with Gasteiger partial charge < -0.3 is 10.2 Å². The molecule has 2 nitrogen and oxygen atoms in total. The summed E-state index contributed by atoms with van der Waals surface area (Å²) in [7, 11) is 0. The molecule has 0 spiro atoms. The summed E-state index contributed by atoms with van der Waals surface area (Å²) < 4.78 is 0. The maximum absolute atomic E-state index is 5.59. The van der Waals surface area contributed by atoms with Crippen molar-refractivity contribution < 1.29 is 0 Å². The summed E-state index contributed by atoms with van der Waals surface area (Å²) in [5.74, 6) is 0.546. The van der Waals surface area contributed by atoms with Gasteiger partial charge in [0.05, 0.1) is 5.69 Å². The average molecular weight is 900 g/mol. The van der Waals surface area contributed by atoms with Crippen molar-refractivity contribution in [2.75, 3.05) is 4.90 Å². The molecule has 0 N–H and O–H groups in total. The molecule has 12 rings (SSSR count). The van der Waals surface area contributed by atoms with Gasteiger partial charge in [-0.05, 0) is 108 Å². The number of fused-ring (bicyclic) bond motifs is 4. The highest BCUT2D eigenvalue weighted by Gasteiger charge is 2.37. The molecule has 0 aromatic heterocycles. The molecule has 3 unspecified atom stereocenters. The van der Waals surface area contributed by atoms with Crippen LogP contribution in [0.3, 0.4) is 0 Å². The van der Waals surface area contributed by atoms with E-state index in [1.165, 1.54) is 77.5 Å². The van der Waals surface area contributed by atoms with E-state index in [-0.39, 0.29) is 17.4 Å². The van der Waals surface area contributed by atoms with E-state index in [1.807, 2.05) is 0 Å². The fourth-order valence-electron chi connectivity index (χ4n) is 11.4. The second-order valence-corrected chi connectivity index (χ2v) is 19.6. The van der Waals surface area contributed by atoms with Crippen LogP contribution in [-0.2, 0) is 5.41 Å². The number of rotatable bonds is 10. The molecule has 0 amide bonds. The zero-order valence-electron chi connectivity index (χ0n) is 40.0. The van der Waals surface area contributed by atoms with Gasteiger partial charge >= 0.3 is 0 Å². The van der Waals surface area contributed by atoms with Gasteiger partial charge in [0.1, 0.15) is 0 Å². The van der Waals surface area contributed by atoms with E-state index in [4.69, 9.17) is 5.32 Å². The van der Waals surface area contributed by atoms with Gasteiger partial charge in [0.2, 0.25) is 0 Å². The lowest BCUT2D eigenvalue weighted by atomic mass is 9.73. The van der Waals surface area contributed by atoms with E-state index in [2.05, 4.69) is 274 Å². The standard InChI is InChI=1S/C68H55N2/c1-4-58-62(55-38-43-61-60-23-13-14-24-63(60)68(2,3)64(61)44-55)45-65(69-67(58)54-19-9-6-10-20-54)53-32-30-49(31-33-53)51-36-41-57(42-37-51)70(66-25-15-21-52-18-11-12-22-59(52)66)56-39-34-50(35-40-56)48-28-26-47(27-29-48)46-16-7-5-8-17-46/h5-45,58,62,67H,4H2,1-3H3/q-1. The summed E-state index contributed by atoms with van der Waals surface area (Å²) in [4.78, 5) is 2.39. The Morgan fingerprint density at radius 2 is 0.929 bits per heavy atom. The van der Waals surface area contributed by atoms with Crippen LogP contribution < -0.4 is 4.90 Å². The molecule has 338 valence electrons. The molecule has 1 aliphatic carbocycles. The molecule has 70 heavy (non-hydrogen) atoms. The molecule has 3 atom stereocenters. The van der Waals surface area contributed by atoms with Gasteiger partial charge in [-0.15, -0.1) is 5.70 Å². The third kappa shape index (κ3) is 7.80. The lowest BCUT2D eigenvalue weighted by Gasteiger charge is -2.49. The number of hydrogen-bond donors (Lipinski definition) is 0.